The Labute approximate surface area is 206 Å². The highest BCUT2D eigenvalue weighted by Crippen LogP contribution is 2.45. The van der Waals surface area contributed by atoms with E-state index < -0.39 is 11.8 Å². The van der Waals surface area contributed by atoms with Gasteiger partial charge >= 0.3 is 5.69 Å². The number of rotatable bonds is 3. The number of hydrogen-bond donors (Lipinski definition) is 1. The van der Waals surface area contributed by atoms with Crippen LogP contribution in [0.4, 0.5) is 0 Å². The van der Waals surface area contributed by atoms with Gasteiger partial charge in [-0.1, -0.05) is 30.3 Å². The predicted molar refractivity (Wildman–Crippen MR) is 138 cm³/mol. The van der Waals surface area contributed by atoms with E-state index >= 15 is 0 Å². The molecular weight excluding hydrogens is 458 g/mol. The molecule has 0 fully saturated rings. The van der Waals surface area contributed by atoms with Crippen LogP contribution in [0, 0.1) is 0 Å². The molecule has 1 aliphatic rings. The third-order valence-corrected chi connectivity index (χ3v) is 7.13. The summed E-state index contributed by atoms with van der Waals surface area (Å²) in [5.41, 5.74) is 2.53. The summed E-state index contributed by atoms with van der Waals surface area (Å²) in [6, 6.07) is 18.8. The fraction of sp³-hybridized carbons (Fsp3) is 0.214. The lowest BCUT2D eigenvalue weighted by Gasteiger charge is -2.29. The van der Waals surface area contributed by atoms with Crippen LogP contribution in [0.1, 0.15) is 17.4 Å². The molecule has 0 unspecified atom stereocenters. The van der Waals surface area contributed by atoms with Gasteiger partial charge in [-0.3, -0.25) is 13.9 Å². The summed E-state index contributed by atoms with van der Waals surface area (Å²) < 4.78 is 16.3. The summed E-state index contributed by atoms with van der Waals surface area (Å²) in [4.78, 5) is 26.6. The van der Waals surface area contributed by atoms with E-state index in [0.29, 0.717) is 46.8 Å². The molecule has 0 saturated carbocycles. The van der Waals surface area contributed by atoms with Gasteiger partial charge in [0, 0.05) is 26.2 Å². The maximum absolute atomic E-state index is 13.6. The van der Waals surface area contributed by atoms with Gasteiger partial charge in [0.15, 0.2) is 0 Å². The Morgan fingerprint density at radius 1 is 0.972 bits per heavy atom. The Morgan fingerprint density at radius 2 is 1.72 bits per heavy atom. The first kappa shape index (κ1) is 22.2. The number of phenols is 1. The zero-order valence-electron chi connectivity index (χ0n) is 20.2. The Kier molecular flexibility index (Phi) is 5.01. The molecule has 1 N–H and O–H groups in total. The molecular formula is C28H25N3O5. The number of fused-ring (bicyclic) bond motifs is 4. The molecule has 8 nitrogen and oxygen atoms in total. The van der Waals surface area contributed by atoms with Crippen molar-refractivity contribution in [3.8, 4) is 22.8 Å². The second-order valence-electron chi connectivity index (χ2n) is 9.01. The van der Waals surface area contributed by atoms with Crippen molar-refractivity contribution in [3.63, 3.8) is 0 Å². The van der Waals surface area contributed by atoms with Gasteiger partial charge < -0.3 is 19.1 Å². The van der Waals surface area contributed by atoms with Crippen LogP contribution in [0.25, 0.3) is 32.9 Å². The minimum absolute atomic E-state index is 0.0985. The first-order valence-corrected chi connectivity index (χ1v) is 11.7. The van der Waals surface area contributed by atoms with Crippen molar-refractivity contribution in [3.05, 3.63) is 92.8 Å². The molecule has 8 heteroatoms. The summed E-state index contributed by atoms with van der Waals surface area (Å²) in [7, 11) is 4.76. The van der Waals surface area contributed by atoms with Crippen molar-refractivity contribution < 1.29 is 14.6 Å². The highest BCUT2D eigenvalue weighted by atomic mass is 16.5. The molecule has 0 bridgehead atoms. The number of phenolic OH excluding ortho intramolecular Hbond substituents is 1. The number of hydrogen-bond acceptors (Lipinski definition) is 5. The van der Waals surface area contributed by atoms with E-state index in [4.69, 9.17) is 9.47 Å². The van der Waals surface area contributed by atoms with E-state index in [2.05, 4.69) is 4.57 Å². The van der Waals surface area contributed by atoms with Crippen LogP contribution in [0.3, 0.4) is 0 Å². The van der Waals surface area contributed by atoms with Crippen LogP contribution in [-0.4, -0.2) is 32.5 Å². The third kappa shape index (κ3) is 3.04. The summed E-state index contributed by atoms with van der Waals surface area (Å²) in [5, 5.41) is 13.3. The van der Waals surface area contributed by atoms with Gasteiger partial charge in [-0.15, -0.1) is 0 Å². The van der Waals surface area contributed by atoms with Crippen LogP contribution < -0.4 is 16.0 Å². The average molecular weight is 484 g/mol. The fourth-order valence-corrected chi connectivity index (χ4v) is 5.41. The largest absolute Gasteiger partial charge is 0.508 e. The lowest BCUT2D eigenvalue weighted by atomic mass is 9.96. The van der Waals surface area contributed by atoms with E-state index in [0.717, 1.165) is 20.9 Å². The van der Waals surface area contributed by atoms with Crippen LogP contribution in [0.15, 0.2) is 70.3 Å². The van der Waals surface area contributed by atoms with Gasteiger partial charge in [0.25, 0.3) is 5.56 Å². The van der Waals surface area contributed by atoms with Crippen LogP contribution >= 0.6 is 0 Å². The van der Waals surface area contributed by atoms with E-state index in [9.17, 15) is 14.7 Å². The smallest absolute Gasteiger partial charge is 0.331 e. The topological polar surface area (TPSA) is 87.6 Å². The Bertz CT molecular complexity index is 1780. The Hall–Kier alpha value is -4.30. The predicted octanol–water partition coefficient (Wildman–Crippen LogP) is 3.69. The molecule has 0 amide bonds. The summed E-state index contributed by atoms with van der Waals surface area (Å²) in [5.74, 6) is 0.803. The lowest BCUT2D eigenvalue weighted by molar-refractivity contribution is 0.0474. The van der Waals surface area contributed by atoms with Gasteiger partial charge in [0.05, 0.1) is 36.0 Å². The molecule has 0 aliphatic carbocycles. The van der Waals surface area contributed by atoms with E-state index in [1.165, 1.54) is 11.6 Å². The zero-order chi connectivity index (χ0) is 25.1. The number of methoxy groups -OCH3 is 1. The van der Waals surface area contributed by atoms with Crippen LogP contribution in [0.2, 0.25) is 0 Å². The van der Waals surface area contributed by atoms with E-state index in [1.807, 2.05) is 54.6 Å². The molecule has 0 radical (unpaired) electrons. The quantitative estimate of drug-likeness (QED) is 0.423. The van der Waals surface area contributed by atoms with Gasteiger partial charge in [-0.2, -0.15) is 0 Å². The zero-order valence-corrected chi connectivity index (χ0v) is 20.2. The van der Waals surface area contributed by atoms with Crippen molar-refractivity contribution in [2.75, 3.05) is 13.7 Å². The molecule has 3 heterocycles. The maximum atomic E-state index is 13.6. The molecule has 3 aromatic carbocycles. The molecule has 6 rings (SSSR count). The van der Waals surface area contributed by atoms with Crippen LogP contribution in [0.5, 0.6) is 11.5 Å². The van der Waals surface area contributed by atoms with Gasteiger partial charge in [-0.25, -0.2) is 4.79 Å². The molecule has 5 aromatic rings. The highest BCUT2D eigenvalue weighted by molar-refractivity contribution is 5.97. The van der Waals surface area contributed by atoms with Gasteiger partial charge in [0.1, 0.15) is 17.6 Å². The molecule has 0 spiro atoms. The number of aromatic hydroxyl groups is 1. The molecule has 1 atom stereocenters. The minimum Gasteiger partial charge on any atom is -0.508 e. The standard InChI is InChI=1S/C28H25N3O5/c1-29-24-22(27(33)30(2)28(29)34)23(17-8-11-18(35-3)12-9-17)31-14-15-36-26(25(24)31)21-19-7-5-4-6-16(19)10-13-20(21)32/h4-13,26,32H,14-15H2,1-3H3/t26-/m1/s1. The average Bonchev–Trinajstić information content (AvgIpc) is 3.26. The number of benzene rings is 3. The maximum Gasteiger partial charge on any atom is 0.331 e. The lowest BCUT2D eigenvalue weighted by Crippen LogP contribution is -2.37. The number of aryl methyl sites for hydroxylation is 1. The molecule has 36 heavy (non-hydrogen) atoms. The summed E-state index contributed by atoms with van der Waals surface area (Å²) in [6.45, 7) is 0.865. The van der Waals surface area contributed by atoms with Crippen molar-refractivity contribution in [2.24, 2.45) is 14.1 Å². The van der Waals surface area contributed by atoms with Crippen molar-refractivity contribution in [1.29, 1.82) is 0 Å². The van der Waals surface area contributed by atoms with E-state index in [1.54, 1.807) is 20.2 Å². The van der Waals surface area contributed by atoms with Crippen molar-refractivity contribution in [1.82, 2.24) is 13.7 Å². The van der Waals surface area contributed by atoms with Crippen LogP contribution in [-0.2, 0) is 25.4 Å². The number of ether oxygens (including phenoxy) is 2. The molecule has 0 saturated heterocycles. The third-order valence-electron chi connectivity index (χ3n) is 7.13. The number of nitrogens with zero attached hydrogens (tertiary/aromatic N) is 3. The SMILES string of the molecule is COc1ccc(-c2c3c(=O)n(C)c(=O)n(C)c3c3n2CCO[C@@H]3c2c(O)ccc3ccccc23)cc1. The molecule has 2 aromatic heterocycles. The second-order valence-corrected chi connectivity index (χ2v) is 9.01. The monoisotopic (exact) mass is 483 g/mol. The first-order chi connectivity index (χ1) is 17.4. The molecule has 182 valence electrons. The first-order valence-electron chi connectivity index (χ1n) is 11.7. The Morgan fingerprint density at radius 3 is 2.47 bits per heavy atom. The van der Waals surface area contributed by atoms with Crippen molar-refractivity contribution >= 4 is 21.7 Å². The van der Waals surface area contributed by atoms with Gasteiger partial charge in [-0.05, 0) is 46.7 Å². The van der Waals surface area contributed by atoms with Crippen molar-refractivity contribution in [2.45, 2.75) is 12.6 Å². The minimum atomic E-state index is -0.683. The normalized spacial score (nSPS) is 15.4. The number of aromatic nitrogens is 3. The summed E-state index contributed by atoms with van der Waals surface area (Å²) >= 11 is 0. The molecule has 1 aliphatic heterocycles. The Balaban J connectivity index is 1.76. The fourth-order valence-electron chi connectivity index (χ4n) is 5.41. The van der Waals surface area contributed by atoms with Gasteiger partial charge in [0.2, 0.25) is 0 Å². The second kappa shape index (κ2) is 8.13. The summed E-state index contributed by atoms with van der Waals surface area (Å²) in [6.07, 6.45) is -0.683. The van der Waals surface area contributed by atoms with E-state index in [-0.39, 0.29) is 11.3 Å². The highest BCUT2D eigenvalue weighted by Gasteiger charge is 2.35.